The maximum Gasteiger partial charge on any atom is 0.236 e. The number of carbonyl (C=O) groups is 1. The Hall–Kier alpha value is -1.59. The van der Waals surface area contributed by atoms with Crippen molar-refractivity contribution in [3.8, 4) is 5.75 Å². The lowest BCUT2D eigenvalue weighted by atomic mass is 10.1. The largest absolute Gasteiger partial charge is 0.497 e. The van der Waals surface area contributed by atoms with Gasteiger partial charge in [0.15, 0.2) is 0 Å². The molecular weight excluding hydrogens is 292 g/mol. The third kappa shape index (κ3) is 4.69. The van der Waals surface area contributed by atoms with Gasteiger partial charge in [-0.3, -0.25) is 9.69 Å². The number of amides is 1. The summed E-state index contributed by atoms with van der Waals surface area (Å²) in [6, 6.07) is 7.87. The van der Waals surface area contributed by atoms with E-state index in [1.807, 2.05) is 38.2 Å². The highest BCUT2D eigenvalue weighted by molar-refractivity contribution is 5.78. The summed E-state index contributed by atoms with van der Waals surface area (Å²) in [5.41, 5.74) is 1.07. The molecule has 1 aromatic carbocycles. The second-order valence-corrected chi connectivity index (χ2v) is 6.41. The van der Waals surface area contributed by atoms with Crippen molar-refractivity contribution in [2.75, 3.05) is 33.8 Å². The summed E-state index contributed by atoms with van der Waals surface area (Å²) in [4.78, 5) is 16.6. The van der Waals surface area contributed by atoms with Crippen molar-refractivity contribution in [2.24, 2.45) is 0 Å². The van der Waals surface area contributed by atoms with E-state index >= 15 is 0 Å². The molecule has 1 heterocycles. The average Bonchev–Trinajstić information content (AvgIpc) is 2.52. The van der Waals surface area contributed by atoms with Crippen molar-refractivity contribution in [2.45, 2.75) is 39.0 Å². The van der Waals surface area contributed by atoms with Crippen LogP contribution in [0.3, 0.4) is 0 Å². The lowest BCUT2D eigenvalue weighted by molar-refractivity contribution is -0.136. The summed E-state index contributed by atoms with van der Waals surface area (Å²) in [7, 11) is 3.51. The monoisotopic (exact) mass is 320 g/mol. The SMILES string of the molecule is COc1cccc(C(C)N(C)C(=O)CN2C[C@@H](C)O[C@@H](C)C2)c1. The number of methoxy groups -OCH3 is 1. The van der Waals surface area contributed by atoms with E-state index in [0.717, 1.165) is 24.4 Å². The third-order valence-corrected chi connectivity index (χ3v) is 4.40. The summed E-state index contributed by atoms with van der Waals surface area (Å²) < 4.78 is 11.0. The van der Waals surface area contributed by atoms with Crippen LogP contribution >= 0.6 is 0 Å². The summed E-state index contributed by atoms with van der Waals surface area (Å²) in [6.45, 7) is 8.18. The van der Waals surface area contributed by atoms with Crippen LogP contribution in [0.2, 0.25) is 0 Å². The van der Waals surface area contributed by atoms with E-state index in [2.05, 4.69) is 18.7 Å². The van der Waals surface area contributed by atoms with Gasteiger partial charge in [0.25, 0.3) is 0 Å². The number of benzene rings is 1. The zero-order chi connectivity index (χ0) is 17.0. The van der Waals surface area contributed by atoms with Crippen molar-refractivity contribution >= 4 is 5.91 Å². The lowest BCUT2D eigenvalue weighted by Crippen LogP contribution is -2.49. The molecule has 0 aromatic heterocycles. The molecule has 5 nitrogen and oxygen atoms in total. The van der Waals surface area contributed by atoms with Gasteiger partial charge in [0.05, 0.1) is 31.9 Å². The standard InChI is InChI=1S/C18H28N2O3/c1-13-10-20(11-14(2)23-13)12-18(21)19(4)15(3)16-7-6-8-17(9-16)22-5/h6-9,13-15H,10-12H2,1-5H3/t13-,14+,15?. The van der Waals surface area contributed by atoms with Gasteiger partial charge in [-0.2, -0.15) is 0 Å². The smallest absolute Gasteiger partial charge is 0.236 e. The maximum atomic E-state index is 12.6. The van der Waals surface area contributed by atoms with Gasteiger partial charge in [-0.15, -0.1) is 0 Å². The highest BCUT2D eigenvalue weighted by Crippen LogP contribution is 2.23. The molecule has 0 N–H and O–H groups in total. The molecule has 1 aromatic rings. The maximum absolute atomic E-state index is 12.6. The predicted octanol–water partition coefficient (Wildman–Crippen LogP) is 2.32. The first-order valence-corrected chi connectivity index (χ1v) is 8.18. The fourth-order valence-electron chi connectivity index (χ4n) is 3.06. The van der Waals surface area contributed by atoms with Gasteiger partial charge in [0.2, 0.25) is 5.91 Å². The minimum absolute atomic E-state index is 0.00786. The molecule has 0 bridgehead atoms. The van der Waals surface area contributed by atoms with E-state index in [4.69, 9.17) is 9.47 Å². The van der Waals surface area contributed by atoms with Gasteiger partial charge in [-0.05, 0) is 38.5 Å². The molecule has 2 rings (SSSR count). The zero-order valence-corrected chi connectivity index (χ0v) is 14.8. The Morgan fingerprint density at radius 2 is 2.04 bits per heavy atom. The van der Waals surface area contributed by atoms with Crippen LogP contribution in [-0.2, 0) is 9.53 Å². The molecule has 1 unspecified atom stereocenters. The quantitative estimate of drug-likeness (QED) is 0.835. The van der Waals surface area contributed by atoms with Crippen LogP contribution in [0.25, 0.3) is 0 Å². The molecule has 0 radical (unpaired) electrons. The molecule has 128 valence electrons. The average molecular weight is 320 g/mol. The molecule has 0 spiro atoms. The molecule has 5 heteroatoms. The predicted molar refractivity (Wildman–Crippen MR) is 90.6 cm³/mol. The van der Waals surface area contributed by atoms with Crippen LogP contribution in [0, 0.1) is 0 Å². The van der Waals surface area contributed by atoms with Crippen LogP contribution in [0.4, 0.5) is 0 Å². The number of hydrogen-bond donors (Lipinski definition) is 0. The van der Waals surface area contributed by atoms with Crippen molar-refractivity contribution in [1.82, 2.24) is 9.80 Å². The molecule has 1 aliphatic rings. The Morgan fingerprint density at radius 1 is 1.39 bits per heavy atom. The number of likely N-dealkylation sites (N-methyl/N-ethyl adjacent to an activating group) is 1. The molecule has 1 amide bonds. The first kappa shape index (κ1) is 17.8. The van der Waals surface area contributed by atoms with Crippen LogP contribution in [0.1, 0.15) is 32.4 Å². The van der Waals surface area contributed by atoms with Gasteiger partial charge in [-0.25, -0.2) is 0 Å². The molecule has 0 saturated carbocycles. The first-order valence-electron chi connectivity index (χ1n) is 8.18. The summed E-state index contributed by atoms with van der Waals surface area (Å²) >= 11 is 0. The van der Waals surface area contributed by atoms with E-state index in [9.17, 15) is 4.79 Å². The second kappa shape index (κ2) is 7.79. The zero-order valence-electron chi connectivity index (χ0n) is 14.8. The van der Waals surface area contributed by atoms with Gasteiger partial charge in [0.1, 0.15) is 5.75 Å². The number of morpholine rings is 1. The van der Waals surface area contributed by atoms with E-state index < -0.39 is 0 Å². The van der Waals surface area contributed by atoms with Crippen LogP contribution in [0.5, 0.6) is 5.75 Å². The van der Waals surface area contributed by atoms with Crippen LogP contribution < -0.4 is 4.74 Å². The number of rotatable bonds is 5. The van der Waals surface area contributed by atoms with E-state index in [-0.39, 0.29) is 24.2 Å². The van der Waals surface area contributed by atoms with Crippen LogP contribution in [-0.4, -0.2) is 61.7 Å². The first-order chi connectivity index (χ1) is 10.9. The Bertz CT molecular complexity index is 525. The fraction of sp³-hybridized carbons (Fsp3) is 0.611. The number of hydrogen-bond acceptors (Lipinski definition) is 4. The summed E-state index contributed by atoms with van der Waals surface area (Å²) in [6.07, 6.45) is 0.348. The second-order valence-electron chi connectivity index (χ2n) is 6.41. The Labute approximate surface area is 139 Å². The third-order valence-electron chi connectivity index (χ3n) is 4.40. The number of ether oxygens (including phenoxy) is 2. The highest BCUT2D eigenvalue weighted by Gasteiger charge is 2.26. The Kier molecular flexibility index (Phi) is 6.02. The van der Waals surface area contributed by atoms with Gasteiger partial charge in [-0.1, -0.05) is 12.1 Å². The van der Waals surface area contributed by atoms with E-state index in [1.54, 1.807) is 12.0 Å². The molecule has 0 aliphatic carbocycles. The van der Waals surface area contributed by atoms with Crippen molar-refractivity contribution in [3.63, 3.8) is 0 Å². The van der Waals surface area contributed by atoms with E-state index in [1.165, 1.54) is 0 Å². The number of nitrogens with zero attached hydrogens (tertiary/aromatic N) is 2. The molecule has 1 saturated heterocycles. The summed E-state index contributed by atoms with van der Waals surface area (Å²) in [5, 5.41) is 0. The molecule has 3 atom stereocenters. The summed E-state index contributed by atoms with van der Waals surface area (Å²) in [5.74, 6) is 0.938. The highest BCUT2D eigenvalue weighted by atomic mass is 16.5. The minimum Gasteiger partial charge on any atom is -0.497 e. The van der Waals surface area contributed by atoms with Crippen molar-refractivity contribution in [3.05, 3.63) is 29.8 Å². The Balaban J connectivity index is 1.98. The molecule has 1 aliphatic heterocycles. The van der Waals surface area contributed by atoms with Gasteiger partial charge >= 0.3 is 0 Å². The van der Waals surface area contributed by atoms with Gasteiger partial charge < -0.3 is 14.4 Å². The fourth-order valence-corrected chi connectivity index (χ4v) is 3.06. The van der Waals surface area contributed by atoms with Crippen LogP contribution in [0.15, 0.2) is 24.3 Å². The normalized spacial score (nSPS) is 23.3. The van der Waals surface area contributed by atoms with Crippen molar-refractivity contribution in [1.29, 1.82) is 0 Å². The molecular formula is C18H28N2O3. The Morgan fingerprint density at radius 3 is 2.65 bits per heavy atom. The van der Waals surface area contributed by atoms with E-state index in [0.29, 0.717) is 6.54 Å². The minimum atomic E-state index is 0.00786. The molecule has 23 heavy (non-hydrogen) atoms. The topological polar surface area (TPSA) is 42.0 Å². The lowest BCUT2D eigenvalue weighted by Gasteiger charge is -2.36. The van der Waals surface area contributed by atoms with Crippen molar-refractivity contribution < 1.29 is 14.3 Å². The number of carbonyl (C=O) groups excluding carboxylic acids is 1. The molecule has 1 fully saturated rings. The van der Waals surface area contributed by atoms with Gasteiger partial charge in [0, 0.05) is 20.1 Å².